The zero-order valence-electron chi connectivity index (χ0n) is 17.5. The molecule has 3 aromatic rings. The third-order valence-corrected chi connectivity index (χ3v) is 5.13. The van der Waals surface area contributed by atoms with Crippen LogP contribution in [0.1, 0.15) is 22.5 Å². The van der Waals surface area contributed by atoms with Crippen molar-refractivity contribution in [1.29, 1.82) is 0 Å². The van der Waals surface area contributed by atoms with E-state index in [1.165, 1.54) is 26.5 Å². The van der Waals surface area contributed by atoms with E-state index in [2.05, 4.69) is 25.3 Å². The summed E-state index contributed by atoms with van der Waals surface area (Å²) in [5, 5.41) is 6.79. The molecule has 1 unspecified atom stereocenters. The number of rotatable bonds is 7. The van der Waals surface area contributed by atoms with Crippen molar-refractivity contribution in [2.75, 3.05) is 32.8 Å². The smallest absolute Gasteiger partial charge is 0.234 e. The third kappa shape index (κ3) is 4.23. The normalized spacial score (nSPS) is 17.9. The number of hydrogen-bond donors (Lipinski definition) is 1. The predicted octanol–water partition coefficient (Wildman–Crippen LogP) is 3.63. The molecule has 1 aliphatic rings. The summed E-state index contributed by atoms with van der Waals surface area (Å²) in [7, 11) is 2.36. The quantitative estimate of drug-likeness (QED) is 0.244. The van der Waals surface area contributed by atoms with Gasteiger partial charge in [-0.2, -0.15) is 0 Å². The summed E-state index contributed by atoms with van der Waals surface area (Å²) in [6, 6.07) is 1.55. The van der Waals surface area contributed by atoms with Crippen LogP contribution in [0.15, 0.2) is 27.9 Å². The summed E-state index contributed by atoms with van der Waals surface area (Å²) in [4.78, 5) is 24.2. The minimum atomic E-state index is -1.18. The number of methoxy groups -OCH3 is 2. The maximum Gasteiger partial charge on any atom is 0.234 e. The van der Waals surface area contributed by atoms with E-state index in [9.17, 15) is 13.6 Å². The summed E-state index contributed by atoms with van der Waals surface area (Å²) in [6.07, 6.45) is 1.85. The van der Waals surface area contributed by atoms with Gasteiger partial charge in [-0.1, -0.05) is 5.11 Å². The topological polar surface area (TPSA) is 144 Å². The van der Waals surface area contributed by atoms with Gasteiger partial charge in [0.1, 0.15) is 11.1 Å². The van der Waals surface area contributed by atoms with E-state index < -0.39 is 23.0 Å². The number of benzene rings is 1. The number of anilines is 1. The Morgan fingerprint density at radius 2 is 2.00 bits per heavy atom. The SMILES string of the molecule is COc1cc(OC)c(F)c(C(=O)c2cc3nc(N[C@@H]4COCCC4N=[N+]=[N-])ncc3o2)c1F. The van der Waals surface area contributed by atoms with Gasteiger partial charge >= 0.3 is 0 Å². The van der Waals surface area contributed by atoms with Crippen LogP contribution >= 0.6 is 0 Å². The first-order valence-electron chi connectivity index (χ1n) is 9.76. The number of halogens is 2. The highest BCUT2D eigenvalue weighted by atomic mass is 19.1. The highest BCUT2D eigenvalue weighted by molar-refractivity contribution is 6.09. The van der Waals surface area contributed by atoms with Crippen LogP contribution in [0.2, 0.25) is 0 Å². The first-order chi connectivity index (χ1) is 16.0. The van der Waals surface area contributed by atoms with Gasteiger partial charge < -0.3 is 23.9 Å². The van der Waals surface area contributed by atoms with Gasteiger partial charge in [0, 0.05) is 23.7 Å². The number of carbonyl (C=O) groups excluding carboxylic acids is 1. The molecule has 2 aromatic heterocycles. The summed E-state index contributed by atoms with van der Waals surface area (Å²) < 4.78 is 50.0. The number of ether oxygens (including phenoxy) is 3. The molecule has 1 aliphatic heterocycles. The van der Waals surface area contributed by atoms with E-state index >= 15 is 0 Å². The van der Waals surface area contributed by atoms with Crippen LogP contribution in [-0.2, 0) is 4.74 Å². The second-order valence-electron chi connectivity index (χ2n) is 7.05. The van der Waals surface area contributed by atoms with Gasteiger partial charge in [0.05, 0.1) is 39.1 Å². The minimum absolute atomic E-state index is 0.131. The summed E-state index contributed by atoms with van der Waals surface area (Å²) in [5.41, 5.74) is 8.22. The lowest BCUT2D eigenvalue weighted by molar-refractivity contribution is 0.0767. The highest BCUT2D eigenvalue weighted by Crippen LogP contribution is 2.33. The van der Waals surface area contributed by atoms with Gasteiger partial charge in [-0.25, -0.2) is 18.7 Å². The molecule has 0 radical (unpaired) electrons. The van der Waals surface area contributed by atoms with Crippen molar-refractivity contribution in [3.8, 4) is 11.5 Å². The number of azide groups is 1. The monoisotopic (exact) mass is 460 g/mol. The molecule has 1 saturated heterocycles. The molecule has 3 heterocycles. The largest absolute Gasteiger partial charge is 0.494 e. The number of nitrogens with one attached hydrogen (secondary N) is 1. The lowest BCUT2D eigenvalue weighted by Crippen LogP contribution is -2.41. The molecule has 0 saturated carbocycles. The van der Waals surface area contributed by atoms with Crippen molar-refractivity contribution >= 4 is 22.8 Å². The summed E-state index contributed by atoms with van der Waals surface area (Å²) in [5.74, 6) is -4.31. The first kappa shape index (κ1) is 22.2. The molecule has 33 heavy (non-hydrogen) atoms. The van der Waals surface area contributed by atoms with Crippen LogP contribution in [0.4, 0.5) is 14.7 Å². The average molecular weight is 460 g/mol. The Morgan fingerprint density at radius 3 is 2.67 bits per heavy atom. The Balaban J connectivity index is 1.66. The number of nitrogens with zero attached hydrogens (tertiary/aromatic N) is 5. The van der Waals surface area contributed by atoms with Gasteiger partial charge in [0.15, 0.2) is 34.5 Å². The molecule has 1 aromatic carbocycles. The Hall–Kier alpha value is -3.96. The van der Waals surface area contributed by atoms with E-state index in [0.717, 1.165) is 6.07 Å². The Morgan fingerprint density at radius 1 is 1.27 bits per heavy atom. The van der Waals surface area contributed by atoms with Crippen molar-refractivity contribution in [2.24, 2.45) is 5.11 Å². The zero-order chi connectivity index (χ0) is 23.5. The highest BCUT2D eigenvalue weighted by Gasteiger charge is 2.29. The molecule has 1 fully saturated rings. The van der Waals surface area contributed by atoms with Crippen LogP contribution in [0.3, 0.4) is 0 Å². The molecule has 4 rings (SSSR count). The van der Waals surface area contributed by atoms with Gasteiger partial charge in [-0.3, -0.25) is 4.79 Å². The van der Waals surface area contributed by atoms with Crippen LogP contribution in [0.25, 0.3) is 21.5 Å². The van der Waals surface area contributed by atoms with Crippen molar-refractivity contribution in [3.05, 3.63) is 51.7 Å². The average Bonchev–Trinajstić information content (AvgIpc) is 3.24. The minimum Gasteiger partial charge on any atom is -0.494 e. The maximum atomic E-state index is 14.7. The number of fused-ring (bicyclic) bond motifs is 1. The van der Waals surface area contributed by atoms with Crippen molar-refractivity contribution < 1.29 is 32.2 Å². The molecule has 0 bridgehead atoms. The van der Waals surface area contributed by atoms with E-state index in [4.69, 9.17) is 24.2 Å². The summed E-state index contributed by atoms with van der Waals surface area (Å²) in [6.45, 7) is 0.758. The molecule has 13 heteroatoms. The van der Waals surface area contributed by atoms with Crippen molar-refractivity contribution in [2.45, 2.75) is 18.5 Å². The number of aromatic nitrogens is 2. The lowest BCUT2D eigenvalue weighted by atomic mass is 10.1. The number of hydrogen-bond acceptors (Lipinski definition) is 9. The molecule has 2 atom stereocenters. The standard InChI is InChI=1S/C20H18F2N6O5/c1-30-12-6-13(31-2)18(22)16(17(12)21)19(29)14-5-10-15(33-14)7-24-20(25-10)26-11-8-32-4-3-9(11)27-28-23/h5-7,9,11H,3-4,8H2,1-2H3,(H,24,25,26)/t9?,11-/m1/s1. The molecular weight excluding hydrogens is 442 g/mol. The van der Waals surface area contributed by atoms with Gasteiger partial charge in [0.25, 0.3) is 0 Å². The lowest BCUT2D eigenvalue weighted by Gasteiger charge is -2.28. The first-order valence-corrected chi connectivity index (χ1v) is 9.76. The molecule has 11 nitrogen and oxygen atoms in total. The Kier molecular flexibility index (Phi) is 6.24. The van der Waals surface area contributed by atoms with E-state index in [1.807, 2.05) is 0 Å². The van der Waals surface area contributed by atoms with Crippen LogP contribution < -0.4 is 14.8 Å². The van der Waals surface area contributed by atoms with E-state index in [1.54, 1.807) is 0 Å². The molecular formula is C20H18F2N6O5. The van der Waals surface area contributed by atoms with Crippen molar-refractivity contribution in [1.82, 2.24) is 9.97 Å². The van der Waals surface area contributed by atoms with E-state index in [-0.39, 0.29) is 53.0 Å². The molecule has 1 N–H and O–H groups in total. The van der Waals surface area contributed by atoms with Gasteiger partial charge in [-0.15, -0.1) is 0 Å². The molecule has 0 spiro atoms. The van der Waals surface area contributed by atoms with Crippen molar-refractivity contribution in [3.63, 3.8) is 0 Å². The van der Waals surface area contributed by atoms with Gasteiger partial charge in [0.2, 0.25) is 11.7 Å². The fourth-order valence-corrected chi connectivity index (χ4v) is 3.46. The van der Waals surface area contributed by atoms with E-state index in [0.29, 0.717) is 13.0 Å². The van der Waals surface area contributed by atoms with Crippen LogP contribution in [0, 0.1) is 11.6 Å². The third-order valence-electron chi connectivity index (χ3n) is 5.13. The fraction of sp³-hybridized carbons (Fsp3) is 0.350. The number of furan rings is 1. The number of ketones is 1. The molecule has 0 aliphatic carbocycles. The second kappa shape index (κ2) is 9.27. The fourth-order valence-electron chi connectivity index (χ4n) is 3.46. The Labute approximate surface area is 185 Å². The number of carbonyl (C=O) groups is 1. The second-order valence-corrected chi connectivity index (χ2v) is 7.05. The Bertz CT molecular complexity index is 1230. The van der Waals surface area contributed by atoms with Crippen LogP contribution in [0.5, 0.6) is 11.5 Å². The molecule has 172 valence electrons. The van der Waals surface area contributed by atoms with Crippen LogP contribution in [-0.4, -0.2) is 55.3 Å². The predicted molar refractivity (Wildman–Crippen MR) is 110 cm³/mol. The van der Waals surface area contributed by atoms with Gasteiger partial charge in [-0.05, 0) is 12.0 Å². The summed E-state index contributed by atoms with van der Waals surface area (Å²) >= 11 is 0. The zero-order valence-corrected chi connectivity index (χ0v) is 17.5. The maximum absolute atomic E-state index is 14.7. The molecule has 0 amide bonds.